The first-order chi connectivity index (χ1) is 7.75. The molecule has 0 unspecified atom stereocenters. The lowest BCUT2D eigenvalue weighted by molar-refractivity contribution is 0.102. The summed E-state index contributed by atoms with van der Waals surface area (Å²) in [6, 6.07) is 10.6. The molecule has 0 radical (unpaired) electrons. The molecule has 2 rings (SSSR count). The zero-order valence-corrected chi connectivity index (χ0v) is 9.11. The molecule has 0 aliphatic carbocycles. The molecule has 2 aromatic rings. The van der Waals surface area contributed by atoms with Crippen molar-refractivity contribution in [3.05, 3.63) is 59.4 Å². The van der Waals surface area contributed by atoms with Crippen molar-refractivity contribution in [2.75, 3.05) is 5.32 Å². The third kappa shape index (κ3) is 2.58. The van der Waals surface area contributed by atoms with Gasteiger partial charge >= 0.3 is 0 Å². The fourth-order valence-electron chi connectivity index (χ4n) is 1.27. The van der Waals surface area contributed by atoms with Gasteiger partial charge in [0.25, 0.3) is 5.91 Å². The maximum atomic E-state index is 11.7. The molecule has 1 heterocycles. The van der Waals surface area contributed by atoms with Gasteiger partial charge in [0.2, 0.25) is 0 Å². The average Bonchev–Trinajstić information content (AvgIpc) is 2.30. The summed E-state index contributed by atoms with van der Waals surface area (Å²) in [4.78, 5) is 15.6. The summed E-state index contributed by atoms with van der Waals surface area (Å²) in [5.41, 5.74) is 1.18. The minimum atomic E-state index is -0.176. The maximum absolute atomic E-state index is 11.7. The molecule has 16 heavy (non-hydrogen) atoms. The van der Waals surface area contributed by atoms with Crippen molar-refractivity contribution in [3.8, 4) is 0 Å². The number of anilines is 1. The van der Waals surface area contributed by atoms with Gasteiger partial charge in [-0.25, -0.2) is 0 Å². The third-order valence-electron chi connectivity index (χ3n) is 2.00. The zero-order valence-electron chi connectivity index (χ0n) is 8.35. The molecule has 0 aliphatic heterocycles. The Bertz CT molecular complexity index is 499. The van der Waals surface area contributed by atoms with E-state index < -0.39 is 0 Å². The lowest BCUT2D eigenvalue weighted by atomic mass is 10.2. The molecule has 0 atom stereocenters. The van der Waals surface area contributed by atoms with Crippen LogP contribution in [0, 0.1) is 0 Å². The van der Waals surface area contributed by atoms with Gasteiger partial charge in [-0.1, -0.05) is 29.8 Å². The number of pyridine rings is 1. The fourth-order valence-corrected chi connectivity index (χ4v) is 1.45. The van der Waals surface area contributed by atoms with Crippen molar-refractivity contribution in [2.45, 2.75) is 0 Å². The molecule has 1 aromatic carbocycles. The quantitative estimate of drug-likeness (QED) is 0.865. The number of hydrogen-bond donors (Lipinski definition) is 1. The predicted octanol–water partition coefficient (Wildman–Crippen LogP) is 2.99. The van der Waals surface area contributed by atoms with Crippen LogP contribution in [-0.2, 0) is 0 Å². The van der Waals surface area contributed by atoms with Crippen LogP contribution >= 0.6 is 11.6 Å². The molecule has 0 saturated carbocycles. The minimum Gasteiger partial charge on any atom is -0.321 e. The summed E-state index contributed by atoms with van der Waals surface area (Å²) in [6.07, 6.45) is 3.06. The molecule has 0 aliphatic rings. The molecule has 0 saturated heterocycles. The molecule has 0 spiro atoms. The van der Waals surface area contributed by atoms with Gasteiger partial charge in [0.15, 0.2) is 0 Å². The van der Waals surface area contributed by atoms with Crippen LogP contribution < -0.4 is 5.32 Å². The molecular formula is C12H9ClN2O. The Labute approximate surface area is 98.1 Å². The van der Waals surface area contributed by atoms with E-state index in [1.807, 2.05) is 18.2 Å². The molecule has 0 fully saturated rings. The highest BCUT2D eigenvalue weighted by Crippen LogP contribution is 2.13. The van der Waals surface area contributed by atoms with E-state index in [4.69, 9.17) is 11.6 Å². The van der Waals surface area contributed by atoms with Crippen LogP contribution in [0.15, 0.2) is 48.8 Å². The smallest absolute Gasteiger partial charge is 0.255 e. The average molecular weight is 233 g/mol. The van der Waals surface area contributed by atoms with Gasteiger partial charge < -0.3 is 5.32 Å². The number of nitrogens with zero attached hydrogens (tertiary/aromatic N) is 1. The van der Waals surface area contributed by atoms with Gasteiger partial charge in [0, 0.05) is 11.8 Å². The van der Waals surface area contributed by atoms with Gasteiger partial charge in [-0.2, -0.15) is 0 Å². The number of nitrogens with one attached hydrogen (secondary N) is 1. The predicted molar refractivity (Wildman–Crippen MR) is 63.6 cm³/mol. The van der Waals surface area contributed by atoms with Crippen LogP contribution in [0.1, 0.15) is 10.4 Å². The topological polar surface area (TPSA) is 42.0 Å². The van der Waals surface area contributed by atoms with Crippen molar-refractivity contribution in [1.29, 1.82) is 0 Å². The first kappa shape index (κ1) is 10.6. The summed E-state index contributed by atoms with van der Waals surface area (Å²) in [7, 11) is 0. The molecular weight excluding hydrogens is 224 g/mol. The van der Waals surface area contributed by atoms with Crippen molar-refractivity contribution in [2.24, 2.45) is 0 Å². The van der Waals surface area contributed by atoms with Crippen LogP contribution in [0.4, 0.5) is 5.69 Å². The van der Waals surface area contributed by atoms with Gasteiger partial charge in [-0.3, -0.25) is 9.78 Å². The van der Waals surface area contributed by atoms with E-state index in [0.717, 1.165) is 0 Å². The molecule has 1 aromatic heterocycles. The second-order valence-electron chi connectivity index (χ2n) is 3.21. The van der Waals surface area contributed by atoms with Crippen molar-refractivity contribution >= 4 is 23.2 Å². The first-order valence-corrected chi connectivity index (χ1v) is 5.10. The van der Waals surface area contributed by atoms with Crippen LogP contribution in [-0.4, -0.2) is 10.9 Å². The largest absolute Gasteiger partial charge is 0.321 e. The Hall–Kier alpha value is -1.87. The molecule has 1 N–H and O–H groups in total. The number of carbonyl (C=O) groups is 1. The number of halogens is 1. The van der Waals surface area contributed by atoms with E-state index >= 15 is 0 Å². The Kier molecular flexibility index (Phi) is 3.17. The summed E-state index contributed by atoms with van der Waals surface area (Å²) in [5, 5.41) is 3.20. The fraction of sp³-hybridized carbons (Fsp3) is 0. The number of hydrogen-bond acceptors (Lipinski definition) is 2. The Morgan fingerprint density at radius 3 is 2.62 bits per heavy atom. The summed E-state index contributed by atoms with van der Waals surface area (Å²) >= 11 is 5.76. The lowest BCUT2D eigenvalue weighted by Crippen LogP contribution is -2.11. The number of rotatable bonds is 2. The second-order valence-corrected chi connectivity index (χ2v) is 3.65. The molecule has 1 amide bonds. The molecule has 80 valence electrons. The Balaban J connectivity index is 2.14. The van der Waals surface area contributed by atoms with E-state index in [1.165, 1.54) is 6.20 Å². The normalized spacial score (nSPS) is 9.81. The highest BCUT2D eigenvalue weighted by Gasteiger charge is 2.04. The number of carbonyl (C=O) groups excluding carboxylic acids is 1. The van der Waals surface area contributed by atoms with Crippen molar-refractivity contribution < 1.29 is 4.79 Å². The monoisotopic (exact) mass is 232 g/mol. The summed E-state index contributed by atoms with van der Waals surface area (Å²) < 4.78 is 0. The van der Waals surface area contributed by atoms with Gasteiger partial charge in [-0.05, 0) is 18.2 Å². The Morgan fingerprint density at radius 1 is 1.19 bits per heavy atom. The SMILES string of the molecule is O=C(Nc1cncc(Cl)c1)c1ccccc1. The summed E-state index contributed by atoms with van der Waals surface area (Å²) in [5.74, 6) is -0.176. The van der Waals surface area contributed by atoms with Crippen LogP contribution in [0.3, 0.4) is 0 Å². The lowest BCUT2D eigenvalue weighted by Gasteiger charge is -2.04. The van der Waals surface area contributed by atoms with Crippen LogP contribution in [0.2, 0.25) is 5.02 Å². The van der Waals surface area contributed by atoms with E-state index in [-0.39, 0.29) is 5.91 Å². The van der Waals surface area contributed by atoms with Gasteiger partial charge in [-0.15, -0.1) is 0 Å². The highest BCUT2D eigenvalue weighted by molar-refractivity contribution is 6.30. The van der Waals surface area contributed by atoms with E-state index in [0.29, 0.717) is 16.3 Å². The number of amides is 1. The van der Waals surface area contributed by atoms with E-state index in [2.05, 4.69) is 10.3 Å². The first-order valence-electron chi connectivity index (χ1n) is 4.72. The second kappa shape index (κ2) is 4.77. The van der Waals surface area contributed by atoms with Gasteiger partial charge in [0.05, 0.1) is 16.9 Å². The van der Waals surface area contributed by atoms with Crippen molar-refractivity contribution in [3.63, 3.8) is 0 Å². The van der Waals surface area contributed by atoms with E-state index in [1.54, 1.807) is 24.4 Å². The molecule has 0 bridgehead atoms. The Morgan fingerprint density at radius 2 is 1.94 bits per heavy atom. The van der Waals surface area contributed by atoms with Crippen molar-refractivity contribution in [1.82, 2.24) is 4.98 Å². The zero-order chi connectivity index (χ0) is 11.4. The maximum Gasteiger partial charge on any atom is 0.255 e. The van der Waals surface area contributed by atoms with Crippen LogP contribution in [0.5, 0.6) is 0 Å². The standard InChI is InChI=1S/C12H9ClN2O/c13-10-6-11(8-14-7-10)15-12(16)9-4-2-1-3-5-9/h1-8H,(H,15,16). The van der Waals surface area contributed by atoms with Crippen LogP contribution in [0.25, 0.3) is 0 Å². The highest BCUT2D eigenvalue weighted by atomic mass is 35.5. The number of benzene rings is 1. The summed E-state index contributed by atoms with van der Waals surface area (Å²) in [6.45, 7) is 0. The number of aromatic nitrogens is 1. The molecule has 4 heteroatoms. The third-order valence-corrected chi connectivity index (χ3v) is 2.21. The van der Waals surface area contributed by atoms with E-state index in [9.17, 15) is 4.79 Å². The van der Waals surface area contributed by atoms with Gasteiger partial charge in [0.1, 0.15) is 0 Å². The minimum absolute atomic E-state index is 0.176. The molecule has 3 nitrogen and oxygen atoms in total.